The third-order valence-electron chi connectivity index (χ3n) is 3.47. The minimum absolute atomic E-state index is 0.141. The Morgan fingerprint density at radius 3 is 2.58 bits per heavy atom. The lowest BCUT2D eigenvalue weighted by Gasteiger charge is -2.20. The average Bonchev–Trinajstić information content (AvgIpc) is 2.93. The first-order valence-electron chi connectivity index (χ1n) is 7.14. The number of hydrogen-bond donors (Lipinski definition) is 1. The first-order chi connectivity index (χ1) is 11.3. The van der Waals surface area contributed by atoms with Gasteiger partial charge < -0.3 is 14.7 Å². The zero-order chi connectivity index (χ0) is 17.9. The lowest BCUT2D eigenvalue weighted by atomic mass is 10.2. The Labute approximate surface area is 142 Å². The fourth-order valence-electron chi connectivity index (χ4n) is 1.89. The monoisotopic (exact) mass is 352 g/mol. The number of carboxylic acids is 1. The fourth-order valence-corrected chi connectivity index (χ4v) is 2.85. The van der Waals surface area contributed by atoms with Crippen LogP contribution in [0.1, 0.15) is 27.3 Å². The quantitative estimate of drug-likeness (QED) is 0.865. The van der Waals surface area contributed by atoms with Crippen LogP contribution in [0.5, 0.6) is 5.75 Å². The summed E-state index contributed by atoms with van der Waals surface area (Å²) in [5.41, 5.74) is 0.521. The molecule has 6 nitrogen and oxygen atoms in total. The zero-order valence-corrected chi connectivity index (χ0v) is 14.3. The number of carbonyl (C=O) groups is 2. The summed E-state index contributed by atoms with van der Waals surface area (Å²) in [6, 6.07) is 4.66. The van der Waals surface area contributed by atoms with Gasteiger partial charge in [0.15, 0.2) is 0 Å². The molecule has 0 radical (unpaired) electrons. The predicted octanol–water partition coefficient (Wildman–Crippen LogP) is 2.71. The molecule has 1 amide bonds. The molecule has 2 aromatic rings. The van der Waals surface area contributed by atoms with Crippen LogP contribution in [-0.2, 0) is 11.4 Å². The summed E-state index contributed by atoms with van der Waals surface area (Å²) >= 11 is 1.15. The van der Waals surface area contributed by atoms with Crippen LogP contribution in [0.4, 0.5) is 4.39 Å². The Hall–Kier alpha value is -2.48. The maximum atomic E-state index is 12.8. The van der Waals surface area contributed by atoms with Crippen molar-refractivity contribution in [3.63, 3.8) is 0 Å². The third kappa shape index (κ3) is 4.08. The second-order valence-corrected chi connectivity index (χ2v) is 6.28. The Balaban J connectivity index is 2.07. The van der Waals surface area contributed by atoms with Crippen LogP contribution in [0.3, 0.4) is 0 Å². The minimum Gasteiger partial charge on any atom is -0.486 e. The van der Waals surface area contributed by atoms with Crippen LogP contribution < -0.4 is 4.74 Å². The van der Waals surface area contributed by atoms with Crippen LogP contribution >= 0.6 is 11.3 Å². The van der Waals surface area contributed by atoms with E-state index in [0.29, 0.717) is 21.3 Å². The molecule has 1 N–H and O–H groups in total. The number of aliphatic carboxylic acids is 1. The Morgan fingerprint density at radius 1 is 1.38 bits per heavy atom. The number of rotatable bonds is 6. The summed E-state index contributed by atoms with van der Waals surface area (Å²) in [6.07, 6.45) is 0. The highest BCUT2D eigenvalue weighted by Crippen LogP contribution is 2.22. The second kappa shape index (κ2) is 7.39. The summed E-state index contributed by atoms with van der Waals surface area (Å²) in [7, 11) is 1.44. The zero-order valence-electron chi connectivity index (χ0n) is 13.4. The van der Waals surface area contributed by atoms with E-state index in [0.717, 1.165) is 16.2 Å². The lowest BCUT2D eigenvalue weighted by molar-refractivity contribution is -0.141. The van der Waals surface area contributed by atoms with Crippen LogP contribution in [-0.4, -0.2) is 40.0 Å². The molecule has 0 fully saturated rings. The van der Waals surface area contributed by atoms with Crippen molar-refractivity contribution in [1.29, 1.82) is 0 Å². The van der Waals surface area contributed by atoms with Gasteiger partial charge in [0.1, 0.15) is 34.1 Å². The van der Waals surface area contributed by atoms with Crippen molar-refractivity contribution >= 4 is 23.2 Å². The van der Waals surface area contributed by atoms with Gasteiger partial charge in [0.25, 0.3) is 5.91 Å². The molecular formula is C16H17FN2O4S. The van der Waals surface area contributed by atoms with Gasteiger partial charge in [0, 0.05) is 7.05 Å². The van der Waals surface area contributed by atoms with E-state index in [1.165, 1.54) is 38.2 Å². The van der Waals surface area contributed by atoms with Gasteiger partial charge in [-0.15, -0.1) is 11.3 Å². The number of likely N-dealkylation sites (N-methyl/N-ethyl adjacent to an activating group) is 1. The molecule has 1 aromatic heterocycles. The number of aromatic nitrogens is 1. The molecule has 0 aliphatic carbocycles. The van der Waals surface area contributed by atoms with Gasteiger partial charge in [0.2, 0.25) is 0 Å². The number of hydrogen-bond acceptors (Lipinski definition) is 5. The average molecular weight is 352 g/mol. The lowest BCUT2D eigenvalue weighted by Crippen LogP contribution is -2.40. The number of thiazole rings is 1. The van der Waals surface area contributed by atoms with E-state index in [9.17, 15) is 14.0 Å². The minimum atomic E-state index is -1.08. The summed E-state index contributed by atoms with van der Waals surface area (Å²) in [6.45, 7) is 3.27. The van der Waals surface area contributed by atoms with Gasteiger partial charge >= 0.3 is 5.97 Å². The Kier molecular flexibility index (Phi) is 5.50. The van der Waals surface area contributed by atoms with Gasteiger partial charge in [-0.05, 0) is 38.1 Å². The van der Waals surface area contributed by atoms with Crippen LogP contribution in [0, 0.1) is 12.7 Å². The number of carbonyl (C=O) groups excluding carboxylic acids is 1. The molecule has 2 rings (SSSR count). The number of ether oxygens (including phenoxy) is 1. The summed E-state index contributed by atoms with van der Waals surface area (Å²) in [5.74, 6) is -1.33. The van der Waals surface area contributed by atoms with E-state index >= 15 is 0 Å². The molecule has 128 valence electrons. The SMILES string of the molecule is Cc1nc(COc2ccc(F)cc2)sc1C(=O)N(C)C(C)C(=O)O. The van der Waals surface area contributed by atoms with Gasteiger partial charge in [-0.25, -0.2) is 14.2 Å². The molecule has 1 atom stereocenters. The van der Waals surface area contributed by atoms with Crippen LogP contribution in [0.25, 0.3) is 0 Å². The molecule has 0 bridgehead atoms. The van der Waals surface area contributed by atoms with Crippen LogP contribution in [0.2, 0.25) is 0 Å². The van der Waals surface area contributed by atoms with E-state index in [1.54, 1.807) is 6.92 Å². The van der Waals surface area contributed by atoms with Crippen molar-refractivity contribution < 1.29 is 23.8 Å². The smallest absolute Gasteiger partial charge is 0.326 e. The normalized spacial score (nSPS) is 11.8. The molecule has 24 heavy (non-hydrogen) atoms. The summed E-state index contributed by atoms with van der Waals surface area (Å²) in [5, 5.41) is 9.58. The number of aryl methyl sites for hydroxylation is 1. The molecule has 8 heteroatoms. The maximum Gasteiger partial charge on any atom is 0.326 e. The van der Waals surface area contributed by atoms with E-state index in [-0.39, 0.29) is 12.4 Å². The van der Waals surface area contributed by atoms with Gasteiger partial charge in [-0.3, -0.25) is 4.79 Å². The molecular weight excluding hydrogens is 335 g/mol. The highest BCUT2D eigenvalue weighted by molar-refractivity contribution is 7.13. The van der Waals surface area contributed by atoms with Crippen molar-refractivity contribution in [3.8, 4) is 5.75 Å². The summed E-state index contributed by atoms with van der Waals surface area (Å²) < 4.78 is 18.3. The van der Waals surface area contributed by atoms with Crippen molar-refractivity contribution in [2.45, 2.75) is 26.5 Å². The van der Waals surface area contributed by atoms with E-state index in [2.05, 4.69) is 4.98 Å². The van der Waals surface area contributed by atoms with Gasteiger partial charge in [-0.2, -0.15) is 0 Å². The molecule has 0 aliphatic rings. The number of nitrogens with zero attached hydrogens (tertiary/aromatic N) is 2. The van der Waals surface area contributed by atoms with E-state index in [4.69, 9.17) is 9.84 Å². The number of benzene rings is 1. The number of amides is 1. The number of halogens is 1. The topological polar surface area (TPSA) is 79.7 Å². The fraction of sp³-hybridized carbons (Fsp3) is 0.312. The first kappa shape index (κ1) is 17.9. The second-order valence-electron chi connectivity index (χ2n) is 5.20. The van der Waals surface area contributed by atoms with E-state index in [1.807, 2.05) is 0 Å². The molecule has 1 unspecified atom stereocenters. The number of carboxylic acid groups (broad SMARTS) is 1. The van der Waals surface area contributed by atoms with Crippen LogP contribution in [0.15, 0.2) is 24.3 Å². The van der Waals surface area contributed by atoms with Gasteiger partial charge in [-0.1, -0.05) is 0 Å². The maximum absolute atomic E-state index is 12.8. The molecule has 1 aromatic carbocycles. The Morgan fingerprint density at radius 2 is 2.00 bits per heavy atom. The predicted molar refractivity (Wildman–Crippen MR) is 86.8 cm³/mol. The molecule has 0 saturated heterocycles. The van der Waals surface area contributed by atoms with Crippen molar-refractivity contribution in [2.24, 2.45) is 0 Å². The standard InChI is InChI=1S/C16H17FN2O4S/c1-9-14(15(20)19(3)10(2)16(21)22)24-13(18-9)8-23-12-6-4-11(17)5-7-12/h4-7,10H,8H2,1-3H3,(H,21,22). The van der Waals surface area contributed by atoms with Crippen molar-refractivity contribution in [3.05, 3.63) is 45.7 Å². The molecule has 0 spiro atoms. The van der Waals surface area contributed by atoms with Crippen molar-refractivity contribution in [2.75, 3.05) is 7.05 Å². The van der Waals surface area contributed by atoms with Gasteiger partial charge in [0.05, 0.1) is 5.69 Å². The molecule has 0 aliphatic heterocycles. The molecule has 0 saturated carbocycles. The molecule has 1 heterocycles. The highest BCUT2D eigenvalue weighted by Gasteiger charge is 2.26. The third-order valence-corrected chi connectivity index (χ3v) is 4.59. The highest BCUT2D eigenvalue weighted by atomic mass is 32.1. The largest absolute Gasteiger partial charge is 0.486 e. The Bertz CT molecular complexity index is 745. The first-order valence-corrected chi connectivity index (χ1v) is 7.96. The van der Waals surface area contributed by atoms with E-state index < -0.39 is 17.9 Å². The summed E-state index contributed by atoms with van der Waals surface area (Å²) in [4.78, 5) is 29.2. The van der Waals surface area contributed by atoms with Crippen molar-refractivity contribution in [1.82, 2.24) is 9.88 Å².